The van der Waals surface area contributed by atoms with Gasteiger partial charge < -0.3 is 10.2 Å². The van der Waals surface area contributed by atoms with Crippen molar-refractivity contribution >= 4 is 17.0 Å². The third-order valence-corrected chi connectivity index (χ3v) is 2.86. The molecule has 0 saturated heterocycles. The first-order chi connectivity index (χ1) is 6.36. The van der Waals surface area contributed by atoms with Gasteiger partial charge in [-0.05, 0) is 24.5 Å². The van der Waals surface area contributed by atoms with E-state index in [1.54, 1.807) is 11.3 Å². The molecule has 3 heteroatoms. The fourth-order valence-electron chi connectivity index (χ4n) is 1.26. The predicted octanol–water partition coefficient (Wildman–Crippen LogP) is 2.50. The molecule has 1 aromatic heterocycles. The summed E-state index contributed by atoms with van der Waals surface area (Å²) in [6.45, 7) is 8.85. The molecule has 0 atom stereocenters. The number of hydrogen-bond donors (Lipinski definition) is 1. The molecule has 1 rings (SSSR count). The molecule has 74 valence electrons. The van der Waals surface area contributed by atoms with E-state index in [-0.39, 0.29) is 0 Å². The van der Waals surface area contributed by atoms with Crippen molar-refractivity contribution in [2.75, 3.05) is 31.5 Å². The minimum absolute atomic E-state index is 1.04. The zero-order chi connectivity index (χ0) is 9.52. The molecule has 1 aromatic rings. The van der Waals surface area contributed by atoms with Crippen LogP contribution >= 0.6 is 11.3 Å². The van der Waals surface area contributed by atoms with Crippen LogP contribution in [0.5, 0.6) is 0 Å². The molecule has 0 aromatic carbocycles. The highest BCUT2D eigenvalue weighted by Crippen LogP contribution is 2.10. The second-order valence-corrected chi connectivity index (χ2v) is 3.75. The highest BCUT2D eigenvalue weighted by Gasteiger charge is 1.97. The van der Waals surface area contributed by atoms with Crippen molar-refractivity contribution in [3.63, 3.8) is 0 Å². The van der Waals surface area contributed by atoms with Crippen LogP contribution in [-0.4, -0.2) is 31.1 Å². The summed E-state index contributed by atoms with van der Waals surface area (Å²) in [4.78, 5) is 2.42. The molecule has 0 bridgehead atoms. The van der Waals surface area contributed by atoms with Crippen LogP contribution in [-0.2, 0) is 0 Å². The van der Waals surface area contributed by atoms with Crippen molar-refractivity contribution in [3.8, 4) is 0 Å². The van der Waals surface area contributed by atoms with E-state index in [9.17, 15) is 0 Å². The van der Waals surface area contributed by atoms with Gasteiger partial charge in [-0.15, -0.1) is 0 Å². The average molecular weight is 198 g/mol. The lowest BCUT2D eigenvalue weighted by Gasteiger charge is -2.17. The molecule has 0 saturated carbocycles. The maximum atomic E-state index is 3.39. The minimum atomic E-state index is 1.04. The van der Waals surface area contributed by atoms with Gasteiger partial charge in [0.15, 0.2) is 0 Å². The molecule has 2 nitrogen and oxygen atoms in total. The van der Waals surface area contributed by atoms with Gasteiger partial charge in [-0.1, -0.05) is 13.8 Å². The Balaban J connectivity index is 2.13. The lowest BCUT2D eigenvalue weighted by atomic mass is 10.4. The van der Waals surface area contributed by atoms with E-state index in [0.717, 1.165) is 26.2 Å². The summed E-state index contributed by atoms with van der Waals surface area (Å²) in [5, 5.41) is 7.63. The Morgan fingerprint density at radius 3 is 2.69 bits per heavy atom. The van der Waals surface area contributed by atoms with Crippen LogP contribution in [0.25, 0.3) is 0 Å². The van der Waals surface area contributed by atoms with Crippen LogP contribution in [0.3, 0.4) is 0 Å². The van der Waals surface area contributed by atoms with Crippen LogP contribution < -0.4 is 5.32 Å². The summed E-state index contributed by atoms with van der Waals surface area (Å²) in [5.74, 6) is 0. The number of nitrogens with one attached hydrogen (secondary N) is 1. The second-order valence-electron chi connectivity index (χ2n) is 2.97. The molecule has 0 aliphatic carbocycles. The van der Waals surface area contributed by atoms with Crippen molar-refractivity contribution < 1.29 is 0 Å². The van der Waals surface area contributed by atoms with E-state index in [0.29, 0.717) is 0 Å². The largest absolute Gasteiger partial charge is 0.383 e. The normalized spacial score (nSPS) is 10.7. The van der Waals surface area contributed by atoms with Gasteiger partial charge in [0.25, 0.3) is 0 Å². The fourth-order valence-corrected chi connectivity index (χ4v) is 1.88. The molecule has 13 heavy (non-hydrogen) atoms. The molecule has 0 amide bonds. The zero-order valence-corrected chi connectivity index (χ0v) is 9.23. The number of likely N-dealkylation sites (N-methyl/N-ethyl adjacent to an activating group) is 1. The van der Waals surface area contributed by atoms with Crippen LogP contribution in [0.15, 0.2) is 16.8 Å². The van der Waals surface area contributed by atoms with Gasteiger partial charge in [0.2, 0.25) is 0 Å². The fraction of sp³-hybridized carbons (Fsp3) is 0.600. The lowest BCUT2D eigenvalue weighted by molar-refractivity contribution is 0.316. The Bertz CT molecular complexity index is 205. The van der Waals surface area contributed by atoms with Crippen molar-refractivity contribution in [3.05, 3.63) is 16.8 Å². The first-order valence-electron chi connectivity index (χ1n) is 4.85. The number of rotatable bonds is 6. The van der Waals surface area contributed by atoms with Gasteiger partial charge in [0.05, 0.1) is 0 Å². The van der Waals surface area contributed by atoms with Crippen LogP contribution in [0.2, 0.25) is 0 Å². The van der Waals surface area contributed by atoms with Gasteiger partial charge in [-0.3, -0.25) is 0 Å². The molecule has 0 unspecified atom stereocenters. The Morgan fingerprint density at radius 2 is 2.15 bits per heavy atom. The third-order valence-electron chi connectivity index (χ3n) is 2.17. The molecule has 0 spiro atoms. The molecule has 1 N–H and O–H groups in total. The number of nitrogens with zero attached hydrogens (tertiary/aromatic N) is 1. The van der Waals surface area contributed by atoms with Crippen molar-refractivity contribution in [1.82, 2.24) is 4.90 Å². The predicted molar refractivity (Wildman–Crippen MR) is 60.6 cm³/mol. The van der Waals surface area contributed by atoms with Crippen molar-refractivity contribution in [1.29, 1.82) is 0 Å². The van der Waals surface area contributed by atoms with E-state index < -0.39 is 0 Å². The SMILES string of the molecule is CCN(CC)CCNc1ccsc1. The topological polar surface area (TPSA) is 15.3 Å². The Morgan fingerprint density at radius 1 is 1.38 bits per heavy atom. The maximum absolute atomic E-state index is 3.39. The second kappa shape index (κ2) is 6.00. The summed E-state index contributed by atoms with van der Waals surface area (Å²) in [6, 6.07) is 2.12. The van der Waals surface area contributed by atoms with E-state index in [2.05, 4.69) is 40.9 Å². The molecule has 0 fully saturated rings. The number of anilines is 1. The summed E-state index contributed by atoms with van der Waals surface area (Å²) >= 11 is 1.73. The Hall–Kier alpha value is -0.540. The molecule has 0 aliphatic rings. The molecule has 0 radical (unpaired) electrons. The average Bonchev–Trinajstić information content (AvgIpc) is 2.65. The minimum Gasteiger partial charge on any atom is -0.383 e. The van der Waals surface area contributed by atoms with Gasteiger partial charge in [0, 0.05) is 24.2 Å². The summed E-state index contributed by atoms with van der Waals surface area (Å²) < 4.78 is 0. The molecule has 1 heterocycles. The van der Waals surface area contributed by atoms with E-state index in [4.69, 9.17) is 0 Å². The van der Waals surface area contributed by atoms with Crippen molar-refractivity contribution in [2.24, 2.45) is 0 Å². The Labute approximate surface area is 84.6 Å². The first kappa shape index (κ1) is 10.5. The number of thiophene rings is 1. The summed E-state index contributed by atoms with van der Waals surface area (Å²) in [6.07, 6.45) is 0. The molecular formula is C10H18N2S. The standard InChI is InChI=1S/C10H18N2S/c1-3-12(4-2)7-6-11-10-5-8-13-9-10/h5,8-9,11H,3-4,6-7H2,1-2H3. The molecular weight excluding hydrogens is 180 g/mol. The van der Waals surface area contributed by atoms with Crippen LogP contribution in [0.1, 0.15) is 13.8 Å². The van der Waals surface area contributed by atoms with Crippen molar-refractivity contribution in [2.45, 2.75) is 13.8 Å². The highest BCUT2D eigenvalue weighted by atomic mass is 32.1. The monoisotopic (exact) mass is 198 g/mol. The van der Waals surface area contributed by atoms with Crippen LogP contribution in [0, 0.1) is 0 Å². The quantitative estimate of drug-likeness (QED) is 0.755. The van der Waals surface area contributed by atoms with Crippen LogP contribution in [0.4, 0.5) is 5.69 Å². The van der Waals surface area contributed by atoms with E-state index >= 15 is 0 Å². The van der Waals surface area contributed by atoms with Gasteiger partial charge >= 0.3 is 0 Å². The summed E-state index contributed by atoms with van der Waals surface area (Å²) in [7, 11) is 0. The van der Waals surface area contributed by atoms with Gasteiger partial charge in [0.1, 0.15) is 0 Å². The van der Waals surface area contributed by atoms with Gasteiger partial charge in [-0.2, -0.15) is 11.3 Å². The zero-order valence-electron chi connectivity index (χ0n) is 8.42. The summed E-state index contributed by atoms with van der Waals surface area (Å²) in [5.41, 5.74) is 1.25. The third kappa shape index (κ3) is 3.79. The van der Waals surface area contributed by atoms with Gasteiger partial charge in [-0.25, -0.2) is 0 Å². The lowest BCUT2D eigenvalue weighted by Crippen LogP contribution is -2.28. The maximum Gasteiger partial charge on any atom is 0.0449 e. The Kier molecular flexibility index (Phi) is 4.86. The first-order valence-corrected chi connectivity index (χ1v) is 5.79. The van der Waals surface area contributed by atoms with E-state index in [1.807, 2.05) is 0 Å². The highest BCUT2D eigenvalue weighted by molar-refractivity contribution is 7.08. The van der Waals surface area contributed by atoms with E-state index in [1.165, 1.54) is 5.69 Å². The number of hydrogen-bond acceptors (Lipinski definition) is 3. The smallest absolute Gasteiger partial charge is 0.0449 e. The molecule has 0 aliphatic heterocycles.